The Hall–Kier alpha value is -2.18. The number of para-hydroxylation sites is 1. The van der Waals surface area contributed by atoms with E-state index in [1.165, 1.54) is 6.42 Å². The van der Waals surface area contributed by atoms with Gasteiger partial charge in [-0.15, -0.1) is 0 Å². The van der Waals surface area contributed by atoms with Crippen LogP contribution < -0.4 is 10.2 Å². The number of nitrogens with zero attached hydrogens (tertiary/aromatic N) is 3. The number of hydrogen-bond acceptors (Lipinski definition) is 6. The summed E-state index contributed by atoms with van der Waals surface area (Å²) < 4.78 is 5.46. The van der Waals surface area contributed by atoms with Crippen molar-refractivity contribution < 1.29 is 9.84 Å². The molecule has 144 valence electrons. The fourth-order valence-corrected chi connectivity index (χ4v) is 3.89. The largest absolute Gasteiger partial charge is 0.507 e. The molecule has 2 fully saturated rings. The molecule has 1 aromatic carbocycles. The predicted octanol–water partition coefficient (Wildman–Crippen LogP) is 2.75. The zero-order chi connectivity index (χ0) is 18.6. The number of nitrogens with one attached hydrogen (secondary N) is 1. The van der Waals surface area contributed by atoms with Crippen molar-refractivity contribution in [3.05, 3.63) is 36.0 Å². The second-order valence-corrected chi connectivity index (χ2v) is 7.61. The maximum Gasteiger partial charge on any atom is 0.165 e. The van der Waals surface area contributed by atoms with Crippen LogP contribution in [0.2, 0.25) is 0 Å². The molecular weight excluding hydrogens is 340 g/mol. The first-order valence-electron chi connectivity index (χ1n) is 9.89. The van der Waals surface area contributed by atoms with Gasteiger partial charge in [0.05, 0.1) is 12.2 Å². The lowest BCUT2D eigenvalue weighted by Gasteiger charge is -2.34. The zero-order valence-electron chi connectivity index (χ0n) is 15.9. The van der Waals surface area contributed by atoms with Crippen molar-refractivity contribution >= 4 is 5.82 Å². The SMILES string of the molecule is Cc1cc(N2CCC(NC[C@H]3CCOC3)CC2)nc(-c2ccccc2O)n1. The molecule has 4 rings (SSSR count). The van der Waals surface area contributed by atoms with Crippen molar-refractivity contribution in [1.29, 1.82) is 0 Å². The van der Waals surface area contributed by atoms with Crippen molar-refractivity contribution in [2.75, 3.05) is 37.7 Å². The minimum Gasteiger partial charge on any atom is -0.507 e. The van der Waals surface area contributed by atoms with Crippen LogP contribution in [0.1, 0.15) is 25.0 Å². The van der Waals surface area contributed by atoms with Gasteiger partial charge in [-0.05, 0) is 44.2 Å². The third kappa shape index (κ3) is 4.39. The molecule has 0 unspecified atom stereocenters. The summed E-state index contributed by atoms with van der Waals surface area (Å²) in [5.74, 6) is 2.43. The van der Waals surface area contributed by atoms with Gasteiger partial charge in [-0.25, -0.2) is 9.97 Å². The monoisotopic (exact) mass is 368 g/mol. The van der Waals surface area contributed by atoms with E-state index < -0.39 is 0 Å². The Morgan fingerprint density at radius 1 is 1.19 bits per heavy atom. The van der Waals surface area contributed by atoms with Gasteiger partial charge in [0.1, 0.15) is 11.6 Å². The molecule has 0 amide bonds. The van der Waals surface area contributed by atoms with Crippen LogP contribution in [0.3, 0.4) is 0 Å². The van der Waals surface area contributed by atoms with Crippen LogP contribution in [0.25, 0.3) is 11.4 Å². The third-order valence-electron chi connectivity index (χ3n) is 5.52. The van der Waals surface area contributed by atoms with Gasteiger partial charge in [0.25, 0.3) is 0 Å². The quantitative estimate of drug-likeness (QED) is 0.846. The molecule has 2 N–H and O–H groups in total. The van der Waals surface area contributed by atoms with Crippen molar-refractivity contribution in [2.24, 2.45) is 5.92 Å². The molecule has 0 spiro atoms. The standard InChI is InChI=1S/C21H28N4O2/c1-15-12-20(24-21(23-15)18-4-2-3-5-19(18)26)25-9-6-17(7-10-25)22-13-16-8-11-27-14-16/h2-5,12,16-17,22,26H,6-11,13-14H2,1H3/t16-/m1/s1. The molecule has 1 aromatic heterocycles. The van der Waals surface area contributed by atoms with Crippen molar-refractivity contribution in [3.63, 3.8) is 0 Å². The average molecular weight is 368 g/mol. The maximum absolute atomic E-state index is 10.1. The number of anilines is 1. The van der Waals surface area contributed by atoms with E-state index in [-0.39, 0.29) is 5.75 Å². The second kappa shape index (κ2) is 8.23. The van der Waals surface area contributed by atoms with E-state index in [9.17, 15) is 5.11 Å². The second-order valence-electron chi connectivity index (χ2n) is 7.61. The molecule has 6 nitrogen and oxygen atoms in total. The summed E-state index contributed by atoms with van der Waals surface area (Å²) in [6, 6.07) is 9.84. The van der Waals surface area contributed by atoms with Gasteiger partial charge in [0.2, 0.25) is 0 Å². The third-order valence-corrected chi connectivity index (χ3v) is 5.52. The molecule has 2 aliphatic rings. The Morgan fingerprint density at radius 3 is 2.74 bits per heavy atom. The average Bonchev–Trinajstić information content (AvgIpc) is 3.20. The number of benzene rings is 1. The van der Waals surface area contributed by atoms with Gasteiger partial charge in [-0.3, -0.25) is 0 Å². The van der Waals surface area contributed by atoms with E-state index in [0.29, 0.717) is 23.3 Å². The topological polar surface area (TPSA) is 70.5 Å². The van der Waals surface area contributed by atoms with E-state index in [1.54, 1.807) is 6.07 Å². The molecule has 0 bridgehead atoms. The van der Waals surface area contributed by atoms with Crippen LogP contribution in [-0.2, 0) is 4.74 Å². The summed E-state index contributed by atoms with van der Waals surface area (Å²) in [6.45, 7) is 6.82. The highest BCUT2D eigenvalue weighted by atomic mass is 16.5. The van der Waals surface area contributed by atoms with Crippen LogP contribution in [0, 0.1) is 12.8 Å². The van der Waals surface area contributed by atoms with E-state index in [0.717, 1.165) is 57.2 Å². The first-order chi connectivity index (χ1) is 13.2. The number of phenolic OH excluding ortho intramolecular Hbond substituents is 1. The van der Waals surface area contributed by atoms with E-state index in [2.05, 4.69) is 15.2 Å². The highest BCUT2D eigenvalue weighted by Crippen LogP contribution is 2.28. The number of phenols is 1. The van der Waals surface area contributed by atoms with E-state index in [4.69, 9.17) is 9.72 Å². The molecule has 2 saturated heterocycles. The van der Waals surface area contributed by atoms with Crippen molar-refractivity contribution in [3.8, 4) is 17.1 Å². The number of piperidine rings is 1. The molecule has 3 heterocycles. The Kier molecular flexibility index (Phi) is 5.55. The summed E-state index contributed by atoms with van der Waals surface area (Å²) in [4.78, 5) is 11.6. The fourth-order valence-electron chi connectivity index (χ4n) is 3.89. The minimum absolute atomic E-state index is 0.216. The number of aromatic nitrogens is 2. The molecule has 0 aliphatic carbocycles. The predicted molar refractivity (Wildman–Crippen MR) is 106 cm³/mol. The highest BCUT2D eigenvalue weighted by Gasteiger charge is 2.23. The van der Waals surface area contributed by atoms with Gasteiger partial charge in [0.15, 0.2) is 5.82 Å². The lowest BCUT2D eigenvalue weighted by molar-refractivity contribution is 0.184. The van der Waals surface area contributed by atoms with Gasteiger partial charge >= 0.3 is 0 Å². The summed E-state index contributed by atoms with van der Waals surface area (Å²) in [6.07, 6.45) is 3.41. The summed E-state index contributed by atoms with van der Waals surface area (Å²) >= 11 is 0. The summed E-state index contributed by atoms with van der Waals surface area (Å²) in [7, 11) is 0. The van der Waals surface area contributed by atoms with Crippen molar-refractivity contribution in [2.45, 2.75) is 32.2 Å². The number of ether oxygens (including phenoxy) is 1. The summed E-state index contributed by atoms with van der Waals surface area (Å²) in [5, 5.41) is 13.8. The van der Waals surface area contributed by atoms with Gasteiger partial charge in [-0.1, -0.05) is 12.1 Å². The first-order valence-corrected chi connectivity index (χ1v) is 9.89. The maximum atomic E-state index is 10.1. The Labute approximate surface area is 160 Å². The van der Waals surface area contributed by atoms with Gasteiger partial charge in [-0.2, -0.15) is 0 Å². The first kappa shape index (κ1) is 18.2. The number of hydrogen-bond donors (Lipinski definition) is 2. The molecule has 0 saturated carbocycles. The number of aromatic hydroxyl groups is 1. The fraction of sp³-hybridized carbons (Fsp3) is 0.524. The smallest absolute Gasteiger partial charge is 0.165 e. The van der Waals surface area contributed by atoms with E-state index >= 15 is 0 Å². The van der Waals surface area contributed by atoms with Crippen molar-refractivity contribution in [1.82, 2.24) is 15.3 Å². The Morgan fingerprint density at radius 2 is 2.00 bits per heavy atom. The Balaban J connectivity index is 1.40. The lowest BCUT2D eigenvalue weighted by atomic mass is 10.0. The lowest BCUT2D eigenvalue weighted by Crippen LogP contribution is -2.44. The van der Waals surface area contributed by atoms with Crippen LogP contribution in [0.4, 0.5) is 5.82 Å². The normalized spacial score (nSPS) is 20.9. The number of aryl methyl sites for hydroxylation is 1. The summed E-state index contributed by atoms with van der Waals surface area (Å²) in [5.41, 5.74) is 1.59. The molecule has 2 aromatic rings. The number of rotatable bonds is 5. The molecule has 1 atom stereocenters. The molecule has 27 heavy (non-hydrogen) atoms. The van der Waals surface area contributed by atoms with Gasteiger partial charge in [0, 0.05) is 44.0 Å². The Bertz CT molecular complexity index is 769. The molecule has 2 aliphatic heterocycles. The van der Waals surface area contributed by atoms with Crippen LogP contribution in [0.15, 0.2) is 30.3 Å². The zero-order valence-corrected chi connectivity index (χ0v) is 15.9. The minimum atomic E-state index is 0.216. The van der Waals surface area contributed by atoms with E-state index in [1.807, 2.05) is 31.2 Å². The highest BCUT2D eigenvalue weighted by molar-refractivity contribution is 5.65. The van der Waals surface area contributed by atoms with Gasteiger partial charge < -0.3 is 20.1 Å². The molecular formula is C21H28N4O2. The van der Waals surface area contributed by atoms with Crippen LogP contribution in [-0.4, -0.2) is 54.0 Å². The molecule has 0 radical (unpaired) electrons. The van der Waals surface area contributed by atoms with Crippen LogP contribution in [0.5, 0.6) is 5.75 Å². The van der Waals surface area contributed by atoms with Crippen LogP contribution >= 0.6 is 0 Å². The molecule has 6 heteroatoms.